The molecule has 8 fully saturated rings. The van der Waals surface area contributed by atoms with E-state index in [1.165, 1.54) is 4.31 Å². The summed E-state index contributed by atoms with van der Waals surface area (Å²) in [6.45, 7) is 14.8. The molecule has 2 N–H and O–H groups in total. The fourth-order valence-corrected chi connectivity index (χ4v) is 15.7. The first-order chi connectivity index (χ1) is 29.0. The summed E-state index contributed by atoms with van der Waals surface area (Å²) in [5.74, 6) is -2.04. The van der Waals surface area contributed by atoms with Crippen LogP contribution in [0.2, 0.25) is 0 Å². The molecule has 3 heterocycles. The zero-order valence-corrected chi connectivity index (χ0v) is 38.5. The Morgan fingerprint density at radius 3 is 1.98 bits per heavy atom. The number of Topliss-reactive ketones (excluding diaryl/α,β-unsaturated/α-hetero) is 2. The van der Waals surface area contributed by atoms with Crippen LogP contribution in [0.1, 0.15) is 163 Å². The Labute approximate surface area is 365 Å². The number of rotatable bonds is 16. The molecule has 3 aliphatic heterocycles. The van der Waals surface area contributed by atoms with Gasteiger partial charge in [0, 0.05) is 49.9 Å². The van der Waals surface area contributed by atoms with E-state index in [-0.39, 0.29) is 82.3 Å². The predicted octanol–water partition coefficient (Wildman–Crippen LogP) is 6.49. The van der Waals surface area contributed by atoms with Crippen LogP contribution in [0, 0.1) is 45.3 Å². The summed E-state index contributed by atoms with van der Waals surface area (Å²) in [5, 5.41) is 3.32. The number of hydrogen-bond donors (Lipinski definition) is 2. The van der Waals surface area contributed by atoms with E-state index in [9.17, 15) is 27.6 Å². The summed E-state index contributed by atoms with van der Waals surface area (Å²) in [7, 11) is -4.05. The van der Waals surface area contributed by atoms with Crippen molar-refractivity contribution in [2.24, 2.45) is 45.3 Å². The van der Waals surface area contributed by atoms with Crippen LogP contribution < -0.4 is 10.0 Å². The minimum absolute atomic E-state index is 0.00704. The molecule has 5 saturated carbocycles. The molecule has 8 aliphatic rings. The number of carbonyl (C=O) groups excluding carboxylic acids is 5. The molecule has 1 unspecified atom stereocenters. The van der Waals surface area contributed by atoms with Gasteiger partial charge in [0.2, 0.25) is 17.7 Å². The molecule has 5 aliphatic carbocycles. The van der Waals surface area contributed by atoms with Crippen molar-refractivity contribution >= 4 is 39.5 Å². The standard InChI is InChI=1S/C48H75N5O7S/c1-6-35-28-46(35,44(58)50-61(59,60)51-24-14-15-25-51)30-40(55)38-29-48(45(4,5)47(48)22-16-23-47)31-53(38)43(57)36(33-17-10-11-18-33)27-39(54)41(34-19-8-7-9-20-34)49-42(56)37-21-12-13-26-52(37)32(2)3/h6,32-38,41H,1,7-31H2,2-5H3,(H,49,56)(H,50,58)/t35-,36+,37+,38+,41?,46-,48-/m1/s1. The average molecular weight is 866 g/mol. The van der Waals surface area contributed by atoms with E-state index >= 15 is 4.79 Å². The van der Waals surface area contributed by atoms with Gasteiger partial charge >= 0.3 is 10.2 Å². The zero-order valence-electron chi connectivity index (χ0n) is 37.7. The Kier molecular flexibility index (Phi) is 12.6. The molecule has 2 spiro atoms. The van der Waals surface area contributed by atoms with Gasteiger partial charge in [-0.3, -0.25) is 28.9 Å². The Bertz CT molecular complexity index is 1840. The monoisotopic (exact) mass is 866 g/mol. The number of hydrogen-bond acceptors (Lipinski definition) is 8. The van der Waals surface area contributed by atoms with Gasteiger partial charge in [0.25, 0.3) is 0 Å². The molecule has 3 amide bonds. The molecule has 0 aromatic carbocycles. The van der Waals surface area contributed by atoms with E-state index in [2.05, 4.69) is 49.2 Å². The highest BCUT2D eigenvalue weighted by atomic mass is 32.2. The lowest BCUT2D eigenvalue weighted by molar-refractivity contribution is -0.145. The molecular formula is C48H75N5O7S. The number of nitrogens with one attached hydrogen (secondary N) is 2. The van der Waals surface area contributed by atoms with Crippen molar-refractivity contribution in [1.82, 2.24) is 24.1 Å². The molecule has 7 atom stereocenters. The van der Waals surface area contributed by atoms with E-state index in [4.69, 9.17) is 0 Å². The quantitative estimate of drug-likeness (QED) is 0.167. The van der Waals surface area contributed by atoms with Crippen molar-refractivity contribution in [3.8, 4) is 0 Å². The topological polar surface area (TPSA) is 153 Å². The largest absolute Gasteiger partial charge is 0.345 e. The van der Waals surface area contributed by atoms with Gasteiger partial charge in [-0.1, -0.05) is 64.9 Å². The molecule has 0 aromatic rings. The molecule has 0 aromatic heterocycles. The highest BCUT2D eigenvalue weighted by Gasteiger charge is 2.85. The lowest BCUT2D eigenvalue weighted by Crippen LogP contribution is -2.57. The first-order valence-corrected chi connectivity index (χ1v) is 25.8. The van der Waals surface area contributed by atoms with Gasteiger partial charge in [0.05, 0.1) is 23.5 Å². The molecule has 340 valence electrons. The number of carbonyl (C=O) groups is 5. The van der Waals surface area contributed by atoms with Crippen LogP contribution in [0.25, 0.3) is 0 Å². The highest BCUT2D eigenvalue weighted by Crippen LogP contribution is 2.88. The van der Waals surface area contributed by atoms with Crippen LogP contribution in [0.5, 0.6) is 0 Å². The smallest absolute Gasteiger partial charge is 0.303 e. The second-order valence-corrected chi connectivity index (χ2v) is 23.4. The Morgan fingerprint density at radius 1 is 0.770 bits per heavy atom. The summed E-state index contributed by atoms with van der Waals surface area (Å²) in [5.41, 5.74) is -1.51. The molecule has 12 nitrogen and oxygen atoms in total. The molecule has 0 bridgehead atoms. The molecule has 0 radical (unpaired) electrons. The summed E-state index contributed by atoms with van der Waals surface area (Å²) in [6, 6.07) is -1.47. The second-order valence-electron chi connectivity index (χ2n) is 21.8. The van der Waals surface area contributed by atoms with Crippen LogP contribution in [0.4, 0.5) is 0 Å². The van der Waals surface area contributed by atoms with Gasteiger partial charge in [-0.05, 0) is 126 Å². The first kappa shape index (κ1) is 44.9. The minimum atomic E-state index is -4.05. The maximum atomic E-state index is 15.5. The number of amides is 3. The first-order valence-electron chi connectivity index (χ1n) is 24.4. The number of fused-ring (bicyclic) bond motifs is 1. The van der Waals surface area contributed by atoms with Gasteiger partial charge < -0.3 is 10.2 Å². The van der Waals surface area contributed by atoms with Crippen molar-refractivity contribution in [3.05, 3.63) is 12.7 Å². The number of ketones is 2. The van der Waals surface area contributed by atoms with E-state index in [0.717, 1.165) is 116 Å². The highest BCUT2D eigenvalue weighted by molar-refractivity contribution is 7.87. The molecular weight excluding hydrogens is 791 g/mol. The predicted molar refractivity (Wildman–Crippen MR) is 234 cm³/mol. The summed E-state index contributed by atoms with van der Waals surface area (Å²) in [6.07, 6.45) is 18.5. The van der Waals surface area contributed by atoms with Crippen molar-refractivity contribution in [2.75, 3.05) is 26.2 Å². The third-order valence-electron chi connectivity index (χ3n) is 18.4. The molecule has 61 heavy (non-hydrogen) atoms. The summed E-state index contributed by atoms with van der Waals surface area (Å²) >= 11 is 0. The van der Waals surface area contributed by atoms with Crippen molar-refractivity contribution in [2.45, 2.75) is 187 Å². The minimum Gasteiger partial charge on any atom is -0.345 e. The third kappa shape index (κ3) is 7.78. The summed E-state index contributed by atoms with van der Waals surface area (Å²) in [4.78, 5) is 77.7. The van der Waals surface area contributed by atoms with Gasteiger partial charge in [0.1, 0.15) is 0 Å². The van der Waals surface area contributed by atoms with Crippen molar-refractivity contribution < 1.29 is 32.4 Å². The third-order valence-corrected chi connectivity index (χ3v) is 19.9. The van der Waals surface area contributed by atoms with Crippen LogP contribution in [0.15, 0.2) is 12.7 Å². The fourth-order valence-electron chi connectivity index (χ4n) is 14.3. The van der Waals surface area contributed by atoms with Crippen molar-refractivity contribution in [3.63, 3.8) is 0 Å². The molecule has 8 rings (SSSR count). The maximum Gasteiger partial charge on any atom is 0.303 e. The zero-order chi connectivity index (χ0) is 43.5. The second kappa shape index (κ2) is 17.1. The Hall–Kier alpha value is -2.64. The number of nitrogens with zero attached hydrogens (tertiary/aromatic N) is 3. The number of allylic oxidation sites excluding steroid dienone is 1. The van der Waals surface area contributed by atoms with E-state index in [1.54, 1.807) is 6.08 Å². The average Bonchev–Trinajstić information content (AvgIpc) is 3.65. The Morgan fingerprint density at radius 2 is 1.39 bits per heavy atom. The van der Waals surface area contributed by atoms with Crippen molar-refractivity contribution in [1.29, 1.82) is 0 Å². The van der Waals surface area contributed by atoms with Crippen LogP contribution in [0.3, 0.4) is 0 Å². The number of piperidine rings is 1. The SMILES string of the molecule is C=C[C@@H]1C[C@]1(CC(=O)[C@@H]1C[C@@]2(CN1C(=O)[C@@H](CC(=O)C(NC(=O)[C@@H]1CCCCN1C(C)C)C1CCCCC1)C1CCCC1)C(C)(C)C21CCC1)C(=O)NS(=O)(=O)N1CCCC1. The van der Waals surface area contributed by atoms with E-state index < -0.39 is 39.5 Å². The lowest BCUT2D eigenvalue weighted by atomic mass is 9.73. The van der Waals surface area contributed by atoms with Gasteiger partial charge in [-0.15, -0.1) is 6.58 Å². The van der Waals surface area contributed by atoms with Gasteiger partial charge in [0.15, 0.2) is 11.6 Å². The molecule has 3 saturated heterocycles. The summed E-state index contributed by atoms with van der Waals surface area (Å²) < 4.78 is 30.2. The van der Waals surface area contributed by atoms with Crippen LogP contribution in [-0.4, -0.2) is 102 Å². The number of likely N-dealkylation sites (tertiary alicyclic amines) is 2. The lowest BCUT2D eigenvalue weighted by Gasteiger charge is -2.39. The van der Waals surface area contributed by atoms with E-state index in [0.29, 0.717) is 32.5 Å². The normalized spacial score (nSPS) is 33.7. The maximum absolute atomic E-state index is 15.5. The van der Waals surface area contributed by atoms with Gasteiger partial charge in [-0.25, -0.2) is 4.72 Å². The van der Waals surface area contributed by atoms with Crippen LogP contribution in [-0.2, 0) is 34.2 Å². The van der Waals surface area contributed by atoms with E-state index in [1.807, 2.05) is 4.90 Å². The Balaban J connectivity index is 1.06. The molecule has 13 heteroatoms. The van der Waals surface area contributed by atoms with Gasteiger partial charge in [-0.2, -0.15) is 12.7 Å². The fraction of sp³-hybridized carbons (Fsp3) is 0.854. The van der Waals surface area contributed by atoms with Crippen LogP contribution >= 0.6 is 0 Å².